The van der Waals surface area contributed by atoms with E-state index in [1.165, 1.54) is 20.2 Å². The van der Waals surface area contributed by atoms with Crippen LogP contribution in [0.25, 0.3) is 65.5 Å². The fourth-order valence-corrected chi connectivity index (χ4v) is 6.25. The predicted octanol–water partition coefficient (Wildman–Crippen LogP) is 9.56. The third-order valence-electron chi connectivity index (χ3n) is 6.62. The highest BCUT2D eigenvalue weighted by atomic mass is 35.5. The SMILES string of the molecule is Clc1cccc(-c2nc(-c3ccccc3-c3ccccc3)nc(-c3cccc4c3sc3ccccc34)n2)c1. The monoisotopic (exact) mass is 525 g/mol. The van der Waals surface area contributed by atoms with Crippen LogP contribution in [-0.2, 0) is 0 Å². The second-order valence-corrected chi connectivity index (χ2v) is 10.5. The van der Waals surface area contributed by atoms with Crippen LogP contribution in [0, 0.1) is 0 Å². The van der Waals surface area contributed by atoms with Crippen LogP contribution in [-0.4, -0.2) is 15.0 Å². The Morgan fingerprint density at radius 2 is 1.08 bits per heavy atom. The normalized spacial score (nSPS) is 11.3. The number of halogens is 1. The number of hydrogen-bond acceptors (Lipinski definition) is 4. The minimum Gasteiger partial charge on any atom is -0.208 e. The van der Waals surface area contributed by atoms with E-state index in [-0.39, 0.29) is 0 Å². The topological polar surface area (TPSA) is 38.7 Å². The molecule has 0 aliphatic carbocycles. The maximum atomic E-state index is 6.37. The molecular weight excluding hydrogens is 506 g/mol. The summed E-state index contributed by atoms with van der Waals surface area (Å²) in [6.45, 7) is 0. The van der Waals surface area contributed by atoms with Gasteiger partial charge in [0.25, 0.3) is 0 Å². The molecule has 5 aromatic carbocycles. The lowest BCUT2D eigenvalue weighted by Crippen LogP contribution is -2.01. The average molecular weight is 526 g/mol. The number of hydrogen-bond donors (Lipinski definition) is 0. The zero-order valence-corrected chi connectivity index (χ0v) is 21.7. The maximum Gasteiger partial charge on any atom is 0.165 e. The van der Waals surface area contributed by atoms with Gasteiger partial charge in [0.2, 0.25) is 0 Å². The quantitative estimate of drug-likeness (QED) is 0.229. The molecule has 5 heteroatoms. The molecule has 0 spiro atoms. The standard InChI is InChI=1S/C33H20ClN3S/c34-23-13-8-12-22(20-23)31-35-32(27-16-5-4-14-24(27)21-10-2-1-3-11-21)37-33(36-31)28-18-9-17-26-25-15-6-7-19-29(25)38-30(26)28/h1-20H. The van der Waals surface area contributed by atoms with Crippen molar-refractivity contribution in [2.24, 2.45) is 0 Å². The van der Waals surface area contributed by atoms with Crippen molar-refractivity contribution in [2.45, 2.75) is 0 Å². The van der Waals surface area contributed by atoms with E-state index in [0.29, 0.717) is 22.5 Å². The van der Waals surface area contributed by atoms with Crippen molar-refractivity contribution in [1.82, 2.24) is 15.0 Å². The summed E-state index contributed by atoms with van der Waals surface area (Å²) in [4.78, 5) is 15.0. The van der Waals surface area contributed by atoms with Crippen LogP contribution in [0.5, 0.6) is 0 Å². The van der Waals surface area contributed by atoms with Crippen molar-refractivity contribution in [1.29, 1.82) is 0 Å². The molecule has 0 amide bonds. The molecule has 0 fully saturated rings. The Balaban J connectivity index is 1.51. The van der Waals surface area contributed by atoms with Gasteiger partial charge in [0.15, 0.2) is 17.5 Å². The van der Waals surface area contributed by atoms with Crippen LogP contribution in [0.3, 0.4) is 0 Å². The molecule has 0 aliphatic heterocycles. The molecule has 0 N–H and O–H groups in total. The summed E-state index contributed by atoms with van der Waals surface area (Å²) in [6, 6.07) is 41.1. The van der Waals surface area contributed by atoms with Gasteiger partial charge in [0, 0.05) is 41.9 Å². The third kappa shape index (κ3) is 4.04. The van der Waals surface area contributed by atoms with E-state index in [9.17, 15) is 0 Å². The second-order valence-electron chi connectivity index (χ2n) is 9.01. The Morgan fingerprint density at radius 1 is 0.474 bits per heavy atom. The molecule has 3 nitrogen and oxygen atoms in total. The highest BCUT2D eigenvalue weighted by Gasteiger charge is 2.18. The summed E-state index contributed by atoms with van der Waals surface area (Å²) >= 11 is 8.13. The summed E-state index contributed by atoms with van der Waals surface area (Å²) in [5.41, 5.74) is 4.98. The van der Waals surface area contributed by atoms with E-state index in [1.807, 2.05) is 54.6 Å². The number of fused-ring (bicyclic) bond motifs is 3. The zero-order valence-electron chi connectivity index (χ0n) is 20.2. The van der Waals surface area contributed by atoms with Crippen molar-refractivity contribution < 1.29 is 0 Å². The van der Waals surface area contributed by atoms with E-state index in [0.717, 1.165) is 27.8 Å². The molecule has 2 heterocycles. The minimum absolute atomic E-state index is 0.591. The molecule has 38 heavy (non-hydrogen) atoms. The molecular formula is C33H20ClN3S. The molecule has 7 rings (SSSR count). The van der Waals surface area contributed by atoms with Gasteiger partial charge in [-0.3, -0.25) is 0 Å². The van der Waals surface area contributed by atoms with E-state index < -0.39 is 0 Å². The van der Waals surface area contributed by atoms with Gasteiger partial charge in [0.1, 0.15) is 0 Å². The van der Waals surface area contributed by atoms with Crippen LogP contribution < -0.4 is 0 Å². The summed E-state index contributed by atoms with van der Waals surface area (Å²) in [7, 11) is 0. The first-order valence-electron chi connectivity index (χ1n) is 12.3. The first-order chi connectivity index (χ1) is 18.7. The lowest BCUT2D eigenvalue weighted by atomic mass is 9.99. The van der Waals surface area contributed by atoms with Crippen molar-refractivity contribution in [2.75, 3.05) is 0 Å². The van der Waals surface area contributed by atoms with Gasteiger partial charge in [-0.25, -0.2) is 15.0 Å². The van der Waals surface area contributed by atoms with Gasteiger partial charge in [-0.1, -0.05) is 109 Å². The number of nitrogens with zero attached hydrogens (tertiary/aromatic N) is 3. The number of benzene rings is 5. The molecule has 0 saturated carbocycles. The van der Waals surface area contributed by atoms with E-state index in [1.54, 1.807) is 11.3 Å². The van der Waals surface area contributed by atoms with Crippen molar-refractivity contribution >= 4 is 43.1 Å². The highest BCUT2D eigenvalue weighted by Crippen LogP contribution is 2.40. The van der Waals surface area contributed by atoms with Gasteiger partial charge < -0.3 is 0 Å². The molecule has 7 aromatic rings. The Hall–Kier alpha value is -4.38. The first-order valence-corrected chi connectivity index (χ1v) is 13.5. The van der Waals surface area contributed by atoms with Gasteiger partial charge in [-0.05, 0) is 35.4 Å². The molecule has 0 unspecified atom stereocenters. The third-order valence-corrected chi connectivity index (χ3v) is 8.07. The van der Waals surface area contributed by atoms with Gasteiger partial charge in [-0.15, -0.1) is 11.3 Å². The first kappa shape index (κ1) is 22.8. The average Bonchev–Trinajstić information content (AvgIpc) is 3.36. The smallest absolute Gasteiger partial charge is 0.165 e. The Kier molecular flexibility index (Phi) is 5.69. The lowest BCUT2D eigenvalue weighted by molar-refractivity contribution is 1.08. The highest BCUT2D eigenvalue weighted by molar-refractivity contribution is 7.26. The van der Waals surface area contributed by atoms with Crippen LogP contribution in [0.2, 0.25) is 5.02 Å². The fraction of sp³-hybridized carbons (Fsp3) is 0. The molecule has 0 radical (unpaired) electrons. The van der Waals surface area contributed by atoms with Crippen LogP contribution >= 0.6 is 22.9 Å². The Labute approximate surface area is 229 Å². The summed E-state index contributed by atoms with van der Waals surface area (Å²) in [6.07, 6.45) is 0. The molecule has 0 aliphatic rings. The minimum atomic E-state index is 0.591. The Bertz CT molecular complexity index is 1950. The van der Waals surface area contributed by atoms with E-state index in [4.69, 9.17) is 26.6 Å². The van der Waals surface area contributed by atoms with Crippen LogP contribution in [0.4, 0.5) is 0 Å². The van der Waals surface area contributed by atoms with Gasteiger partial charge >= 0.3 is 0 Å². The number of aromatic nitrogens is 3. The molecule has 0 atom stereocenters. The maximum absolute atomic E-state index is 6.37. The van der Waals surface area contributed by atoms with Crippen molar-refractivity contribution in [3.8, 4) is 45.3 Å². The van der Waals surface area contributed by atoms with E-state index in [2.05, 4.69) is 66.7 Å². The zero-order chi connectivity index (χ0) is 25.5. The molecule has 2 aromatic heterocycles. The van der Waals surface area contributed by atoms with Crippen LogP contribution in [0.15, 0.2) is 121 Å². The van der Waals surface area contributed by atoms with Crippen molar-refractivity contribution in [3.05, 3.63) is 126 Å². The molecule has 180 valence electrons. The van der Waals surface area contributed by atoms with Gasteiger partial charge in [-0.2, -0.15) is 0 Å². The fourth-order valence-electron chi connectivity index (χ4n) is 4.84. The second kappa shape index (κ2) is 9.49. The number of thiophene rings is 1. The van der Waals surface area contributed by atoms with Gasteiger partial charge in [0.05, 0.1) is 0 Å². The Morgan fingerprint density at radius 3 is 1.92 bits per heavy atom. The van der Waals surface area contributed by atoms with E-state index >= 15 is 0 Å². The largest absolute Gasteiger partial charge is 0.208 e. The molecule has 0 saturated heterocycles. The predicted molar refractivity (Wildman–Crippen MR) is 159 cm³/mol. The summed E-state index contributed by atoms with van der Waals surface area (Å²) in [5.74, 6) is 1.86. The molecule has 0 bridgehead atoms. The lowest BCUT2D eigenvalue weighted by Gasteiger charge is -2.12. The summed E-state index contributed by atoms with van der Waals surface area (Å²) < 4.78 is 2.41. The summed E-state index contributed by atoms with van der Waals surface area (Å²) in [5, 5.41) is 3.09. The van der Waals surface area contributed by atoms with Crippen molar-refractivity contribution in [3.63, 3.8) is 0 Å². The van der Waals surface area contributed by atoms with Crippen LogP contribution in [0.1, 0.15) is 0 Å². The number of rotatable bonds is 4.